The predicted octanol–water partition coefficient (Wildman–Crippen LogP) is 2.76. The van der Waals surface area contributed by atoms with Gasteiger partial charge in [0.1, 0.15) is 18.3 Å². The third kappa shape index (κ3) is 3.55. The summed E-state index contributed by atoms with van der Waals surface area (Å²) < 4.78 is 10.3. The summed E-state index contributed by atoms with van der Waals surface area (Å²) in [5.74, 6) is -1.33. The molecule has 2 atom stereocenters. The van der Waals surface area contributed by atoms with Crippen LogP contribution in [0, 0.1) is 5.92 Å². The van der Waals surface area contributed by atoms with Gasteiger partial charge in [-0.05, 0) is 37.5 Å². The summed E-state index contributed by atoms with van der Waals surface area (Å²) in [7, 11) is 1.54. The summed E-state index contributed by atoms with van der Waals surface area (Å²) in [6, 6.07) is 6.63. The molecular weight excluding hydrogens is 334 g/mol. The number of rotatable bonds is 5. The molecular formula is C20H23NO5. The van der Waals surface area contributed by atoms with Gasteiger partial charge in [0.15, 0.2) is 5.78 Å². The molecule has 6 nitrogen and oxygen atoms in total. The Hall–Kier alpha value is -2.47. The molecule has 2 aliphatic rings. The molecule has 3 rings (SSSR count). The number of ether oxygens (including phenoxy) is 2. The molecule has 1 aromatic rings. The number of aliphatic imine (C=N–C) groups is 1. The maximum Gasteiger partial charge on any atom is 0.315 e. The van der Waals surface area contributed by atoms with Crippen molar-refractivity contribution >= 4 is 17.5 Å². The number of hydrogen-bond donors (Lipinski definition) is 1. The monoisotopic (exact) mass is 357 g/mol. The Balaban J connectivity index is 2.02. The van der Waals surface area contributed by atoms with E-state index in [1.165, 1.54) is 7.11 Å². The number of esters is 1. The molecule has 0 aromatic heterocycles. The van der Waals surface area contributed by atoms with Gasteiger partial charge in [-0.25, -0.2) is 0 Å². The van der Waals surface area contributed by atoms with E-state index in [1.54, 1.807) is 31.2 Å². The normalized spacial score (nSPS) is 22.7. The Morgan fingerprint density at radius 1 is 1.23 bits per heavy atom. The van der Waals surface area contributed by atoms with Gasteiger partial charge in [0, 0.05) is 36.4 Å². The lowest BCUT2D eigenvalue weighted by Gasteiger charge is -2.34. The van der Waals surface area contributed by atoms with Crippen molar-refractivity contribution in [2.24, 2.45) is 10.9 Å². The number of benzene rings is 1. The largest absolute Gasteiger partial charge is 0.508 e. The van der Waals surface area contributed by atoms with E-state index < -0.39 is 17.8 Å². The quantitative estimate of drug-likeness (QED) is 0.647. The molecule has 6 heteroatoms. The van der Waals surface area contributed by atoms with Gasteiger partial charge in [-0.3, -0.25) is 14.6 Å². The molecule has 0 fully saturated rings. The zero-order valence-electron chi connectivity index (χ0n) is 15.0. The molecule has 1 aliphatic heterocycles. The van der Waals surface area contributed by atoms with Crippen LogP contribution in [0.4, 0.5) is 0 Å². The van der Waals surface area contributed by atoms with E-state index in [-0.39, 0.29) is 18.1 Å². The molecule has 0 amide bonds. The first-order valence-electron chi connectivity index (χ1n) is 8.79. The molecule has 1 aliphatic carbocycles. The Morgan fingerprint density at radius 2 is 1.96 bits per heavy atom. The number of aromatic hydroxyl groups is 1. The fourth-order valence-corrected chi connectivity index (χ4v) is 3.67. The van der Waals surface area contributed by atoms with Crippen molar-refractivity contribution in [2.45, 2.75) is 32.1 Å². The molecule has 0 saturated carbocycles. The minimum absolute atomic E-state index is 0.0373. The van der Waals surface area contributed by atoms with Gasteiger partial charge >= 0.3 is 5.97 Å². The zero-order chi connectivity index (χ0) is 18.7. The molecule has 0 spiro atoms. The molecule has 1 heterocycles. The average molecular weight is 357 g/mol. The summed E-state index contributed by atoms with van der Waals surface area (Å²) in [4.78, 5) is 30.0. The molecule has 1 aromatic carbocycles. The van der Waals surface area contributed by atoms with Crippen molar-refractivity contribution in [3.05, 3.63) is 41.1 Å². The van der Waals surface area contributed by atoms with Crippen LogP contribution in [0.1, 0.15) is 37.7 Å². The van der Waals surface area contributed by atoms with E-state index in [4.69, 9.17) is 9.47 Å². The molecule has 1 N–H and O–H groups in total. The lowest BCUT2D eigenvalue weighted by Crippen LogP contribution is -2.37. The first-order valence-corrected chi connectivity index (χ1v) is 8.79. The molecule has 0 saturated heterocycles. The standard InChI is InChI=1S/C20H23NO5/c1-12-17(20(24)26-11-10-25-2)18(13-6-8-14(22)9-7-13)19-15(21-12)4-3-5-16(19)23/h6-9,17-18,22H,3-5,10-11H2,1-2H3/t17?,18-/m0/s1. The van der Waals surface area contributed by atoms with E-state index in [0.717, 1.165) is 24.1 Å². The summed E-state index contributed by atoms with van der Waals surface area (Å²) in [6.45, 7) is 2.27. The second-order valence-electron chi connectivity index (χ2n) is 6.60. The fraction of sp³-hybridized carbons (Fsp3) is 0.450. The van der Waals surface area contributed by atoms with E-state index in [9.17, 15) is 14.7 Å². The maximum atomic E-state index is 12.8. The van der Waals surface area contributed by atoms with Gasteiger partial charge in [-0.2, -0.15) is 0 Å². The number of methoxy groups -OCH3 is 1. The summed E-state index contributed by atoms with van der Waals surface area (Å²) in [5.41, 5.74) is 2.84. The van der Waals surface area contributed by atoms with Crippen LogP contribution in [0.2, 0.25) is 0 Å². The third-order valence-electron chi connectivity index (χ3n) is 4.87. The highest BCUT2D eigenvalue weighted by Gasteiger charge is 2.43. The minimum atomic E-state index is -0.655. The number of ketones is 1. The van der Waals surface area contributed by atoms with Crippen LogP contribution >= 0.6 is 0 Å². The number of nitrogens with zero attached hydrogens (tertiary/aromatic N) is 1. The van der Waals surface area contributed by atoms with Crippen LogP contribution < -0.4 is 0 Å². The number of hydrogen-bond acceptors (Lipinski definition) is 6. The van der Waals surface area contributed by atoms with Crippen molar-refractivity contribution in [3.63, 3.8) is 0 Å². The lowest BCUT2D eigenvalue weighted by molar-refractivity contribution is -0.147. The number of allylic oxidation sites excluding steroid dienone is 2. The zero-order valence-corrected chi connectivity index (χ0v) is 15.0. The average Bonchev–Trinajstić information content (AvgIpc) is 2.61. The van der Waals surface area contributed by atoms with E-state index >= 15 is 0 Å². The smallest absolute Gasteiger partial charge is 0.315 e. The van der Waals surface area contributed by atoms with Crippen molar-refractivity contribution in [2.75, 3.05) is 20.3 Å². The van der Waals surface area contributed by atoms with Crippen LogP contribution in [0.15, 0.2) is 40.5 Å². The Morgan fingerprint density at radius 3 is 2.65 bits per heavy atom. The molecule has 1 unspecified atom stereocenters. The SMILES string of the molecule is COCCOC(=O)C1C(C)=NC2=C(C(=O)CCC2)[C@H]1c1ccc(O)cc1. The Bertz CT molecular complexity index is 763. The maximum absolute atomic E-state index is 12.8. The highest BCUT2D eigenvalue weighted by Crippen LogP contribution is 2.43. The lowest BCUT2D eigenvalue weighted by atomic mass is 9.72. The highest BCUT2D eigenvalue weighted by molar-refractivity contribution is 6.08. The number of carbonyl (C=O) groups excluding carboxylic acids is 2. The van der Waals surface area contributed by atoms with Gasteiger partial charge in [-0.1, -0.05) is 12.1 Å². The van der Waals surface area contributed by atoms with Crippen molar-refractivity contribution in [1.82, 2.24) is 0 Å². The van der Waals surface area contributed by atoms with Gasteiger partial charge < -0.3 is 14.6 Å². The van der Waals surface area contributed by atoms with Crippen LogP contribution in [0.25, 0.3) is 0 Å². The first-order chi connectivity index (χ1) is 12.5. The third-order valence-corrected chi connectivity index (χ3v) is 4.87. The second-order valence-corrected chi connectivity index (χ2v) is 6.60. The molecule has 138 valence electrons. The van der Waals surface area contributed by atoms with Gasteiger partial charge in [0.05, 0.1) is 6.61 Å². The van der Waals surface area contributed by atoms with E-state index in [0.29, 0.717) is 24.3 Å². The van der Waals surface area contributed by atoms with Gasteiger partial charge in [0.25, 0.3) is 0 Å². The van der Waals surface area contributed by atoms with Crippen molar-refractivity contribution in [3.8, 4) is 5.75 Å². The van der Waals surface area contributed by atoms with E-state index in [2.05, 4.69) is 4.99 Å². The van der Waals surface area contributed by atoms with Crippen LogP contribution in [-0.2, 0) is 19.1 Å². The minimum Gasteiger partial charge on any atom is -0.508 e. The summed E-state index contributed by atoms with van der Waals surface area (Å²) in [6.07, 6.45) is 1.98. The number of carbonyl (C=O) groups is 2. The topological polar surface area (TPSA) is 85.2 Å². The predicted molar refractivity (Wildman–Crippen MR) is 96.2 cm³/mol. The van der Waals surface area contributed by atoms with Crippen molar-refractivity contribution in [1.29, 1.82) is 0 Å². The molecule has 0 bridgehead atoms. The summed E-state index contributed by atoms with van der Waals surface area (Å²) in [5, 5.41) is 9.60. The molecule has 26 heavy (non-hydrogen) atoms. The Labute approximate surface area is 152 Å². The number of phenols is 1. The van der Waals surface area contributed by atoms with Crippen molar-refractivity contribution < 1.29 is 24.2 Å². The number of Topliss-reactive ketones (excluding diaryl/α,β-unsaturated/α-hetero) is 1. The number of phenolic OH excluding ortho intramolecular Hbond substituents is 1. The first kappa shape index (κ1) is 18.3. The summed E-state index contributed by atoms with van der Waals surface area (Å²) >= 11 is 0. The second kappa shape index (κ2) is 7.83. The Kier molecular flexibility index (Phi) is 5.52. The van der Waals surface area contributed by atoms with Gasteiger partial charge in [0.2, 0.25) is 0 Å². The van der Waals surface area contributed by atoms with E-state index in [1.807, 2.05) is 0 Å². The highest BCUT2D eigenvalue weighted by atomic mass is 16.6. The van der Waals surface area contributed by atoms with Gasteiger partial charge in [-0.15, -0.1) is 0 Å². The molecule has 0 radical (unpaired) electrons. The van der Waals surface area contributed by atoms with Crippen LogP contribution in [0.5, 0.6) is 5.75 Å². The van der Waals surface area contributed by atoms with Crippen LogP contribution in [-0.4, -0.2) is 42.9 Å². The van der Waals surface area contributed by atoms with Crippen LogP contribution in [0.3, 0.4) is 0 Å². The fourth-order valence-electron chi connectivity index (χ4n) is 3.67.